The van der Waals surface area contributed by atoms with Crippen LogP contribution >= 0.6 is 12.4 Å². The zero-order valence-corrected chi connectivity index (χ0v) is 15.6. The highest BCUT2D eigenvalue weighted by Gasteiger charge is 2.08. The van der Waals surface area contributed by atoms with Crippen molar-refractivity contribution in [3.8, 4) is 5.75 Å². The number of H-pyrrole nitrogens is 1. The van der Waals surface area contributed by atoms with Crippen LogP contribution in [0.1, 0.15) is 24.5 Å². The molecule has 3 rings (SSSR count). The van der Waals surface area contributed by atoms with Crippen molar-refractivity contribution in [1.29, 1.82) is 0 Å². The predicted molar refractivity (Wildman–Crippen MR) is 108 cm³/mol. The Labute approximate surface area is 156 Å². The van der Waals surface area contributed by atoms with Crippen LogP contribution in [0.15, 0.2) is 54.7 Å². The number of aromatic nitrogens is 1. The monoisotopic (exact) mass is 358 g/mol. The number of rotatable bonds is 8. The van der Waals surface area contributed by atoms with Crippen LogP contribution in [0.4, 0.5) is 0 Å². The molecule has 0 saturated heterocycles. The summed E-state index contributed by atoms with van der Waals surface area (Å²) >= 11 is 0. The maximum atomic E-state index is 9.59. The second-order valence-electron chi connectivity index (χ2n) is 6.37. The smallest absolute Gasteiger partial charge is 0.115 e. The van der Waals surface area contributed by atoms with E-state index in [9.17, 15) is 5.11 Å². The van der Waals surface area contributed by atoms with Crippen molar-refractivity contribution >= 4 is 23.3 Å². The van der Waals surface area contributed by atoms with E-state index in [4.69, 9.17) is 0 Å². The average Bonchev–Trinajstić information content (AvgIpc) is 3.01. The summed E-state index contributed by atoms with van der Waals surface area (Å²) in [5.41, 5.74) is 3.81. The third-order valence-corrected chi connectivity index (χ3v) is 4.54. The number of hydrogen-bond donors (Lipinski definition) is 2. The van der Waals surface area contributed by atoms with Gasteiger partial charge in [-0.1, -0.05) is 37.3 Å². The van der Waals surface area contributed by atoms with Crippen LogP contribution in [0, 0.1) is 0 Å². The summed E-state index contributed by atoms with van der Waals surface area (Å²) in [6.07, 6.45) is 5.34. The molecule has 1 aromatic heterocycles. The van der Waals surface area contributed by atoms with Crippen LogP contribution in [0.5, 0.6) is 5.75 Å². The third-order valence-electron chi connectivity index (χ3n) is 4.54. The summed E-state index contributed by atoms with van der Waals surface area (Å²) in [6, 6.07) is 16.1. The lowest BCUT2D eigenvalue weighted by atomic mass is 10.1. The van der Waals surface area contributed by atoms with Crippen molar-refractivity contribution in [2.75, 3.05) is 19.6 Å². The molecule has 25 heavy (non-hydrogen) atoms. The summed E-state index contributed by atoms with van der Waals surface area (Å²) in [5, 5.41) is 10.9. The molecule has 2 aromatic carbocycles. The van der Waals surface area contributed by atoms with Gasteiger partial charge in [0.05, 0.1) is 0 Å². The summed E-state index contributed by atoms with van der Waals surface area (Å²) in [5.74, 6) is 0.355. The van der Waals surface area contributed by atoms with E-state index < -0.39 is 0 Å². The molecule has 0 aliphatic heterocycles. The number of benzene rings is 2. The van der Waals surface area contributed by atoms with Gasteiger partial charge in [-0.05, 0) is 55.1 Å². The Morgan fingerprint density at radius 3 is 2.56 bits per heavy atom. The molecule has 3 nitrogen and oxygen atoms in total. The fourth-order valence-electron chi connectivity index (χ4n) is 3.27. The molecular formula is C21H27ClN2O. The maximum absolute atomic E-state index is 9.59. The first kappa shape index (κ1) is 19.4. The van der Waals surface area contributed by atoms with Crippen molar-refractivity contribution in [3.05, 3.63) is 65.9 Å². The SMILES string of the molecule is CCCN(CCc1cccc(O)c1)CCc1c[nH]c2ccccc12.Cl. The van der Waals surface area contributed by atoms with Gasteiger partial charge >= 0.3 is 0 Å². The molecule has 0 saturated carbocycles. The standard InChI is InChI=1S/C21H26N2O.ClH/c1-2-12-23(13-10-17-6-5-7-19(24)15-17)14-11-18-16-22-21-9-4-3-8-20(18)21;/h3-9,15-16,22,24H,2,10-14H2,1H3;1H. The Morgan fingerprint density at radius 1 is 0.960 bits per heavy atom. The Hall–Kier alpha value is -1.97. The fourth-order valence-corrected chi connectivity index (χ4v) is 3.27. The molecule has 3 aromatic rings. The molecule has 0 radical (unpaired) electrons. The lowest BCUT2D eigenvalue weighted by Crippen LogP contribution is -2.29. The number of nitrogens with one attached hydrogen (secondary N) is 1. The van der Waals surface area contributed by atoms with Crippen LogP contribution < -0.4 is 0 Å². The molecule has 0 fully saturated rings. The molecule has 0 amide bonds. The van der Waals surface area contributed by atoms with Gasteiger partial charge in [0.1, 0.15) is 5.75 Å². The first-order chi connectivity index (χ1) is 11.8. The highest BCUT2D eigenvalue weighted by atomic mass is 35.5. The molecule has 0 unspecified atom stereocenters. The minimum atomic E-state index is 0. The highest BCUT2D eigenvalue weighted by Crippen LogP contribution is 2.18. The number of para-hydroxylation sites is 1. The number of nitrogens with zero attached hydrogens (tertiary/aromatic N) is 1. The number of hydrogen-bond acceptors (Lipinski definition) is 2. The van der Waals surface area contributed by atoms with Crippen LogP contribution in [-0.2, 0) is 12.8 Å². The highest BCUT2D eigenvalue weighted by molar-refractivity contribution is 5.85. The van der Waals surface area contributed by atoms with E-state index in [1.807, 2.05) is 12.1 Å². The van der Waals surface area contributed by atoms with Gasteiger partial charge in [0.2, 0.25) is 0 Å². The first-order valence-corrected chi connectivity index (χ1v) is 8.81. The van der Waals surface area contributed by atoms with Crippen molar-refractivity contribution < 1.29 is 5.11 Å². The van der Waals surface area contributed by atoms with Crippen LogP contribution in [-0.4, -0.2) is 34.6 Å². The summed E-state index contributed by atoms with van der Waals surface area (Å²) in [7, 11) is 0. The number of phenols is 1. The Balaban J connectivity index is 0.00000225. The largest absolute Gasteiger partial charge is 0.508 e. The second-order valence-corrected chi connectivity index (χ2v) is 6.37. The van der Waals surface area contributed by atoms with E-state index in [0.717, 1.165) is 38.9 Å². The van der Waals surface area contributed by atoms with Gasteiger partial charge in [-0.3, -0.25) is 0 Å². The number of phenolic OH excluding ortho intramolecular Hbond substituents is 1. The quantitative estimate of drug-likeness (QED) is 0.607. The third kappa shape index (κ3) is 5.25. The fraction of sp³-hybridized carbons (Fsp3) is 0.333. The zero-order chi connectivity index (χ0) is 16.8. The lowest BCUT2D eigenvalue weighted by molar-refractivity contribution is 0.281. The molecule has 1 heterocycles. The normalized spacial score (nSPS) is 11.0. The van der Waals surface area contributed by atoms with Gasteiger partial charge in [-0.2, -0.15) is 0 Å². The lowest BCUT2D eigenvalue weighted by Gasteiger charge is -2.21. The van der Waals surface area contributed by atoms with E-state index in [-0.39, 0.29) is 12.4 Å². The Bertz CT molecular complexity index is 784. The number of aromatic hydroxyl groups is 1. The van der Waals surface area contributed by atoms with E-state index in [0.29, 0.717) is 5.75 Å². The zero-order valence-electron chi connectivity index (χ0n) is 14.7. The molecule has 0 aliphatic carbocycles. The number of aromatic amines is 1. The summed E-state index contributed by atoms with van der Waals surface area (Å²) < 4.78 is 0. The minimum absolute atomic E-state index is 0. The van der Waals surface area contributed by atoms with Gasteiger partial charge in [-0.25, -0.2) is 0 Å². The van der Waals surface area contributed by atoms with Crippen molar-refractivity contribution in [2.45, 2.75) is 26.2 Å². The maximum Gasteiger partial charge on any atom is 0.115 e. The average molecular weight is 359 g/mol. The van der Waals surface area contributed by atoms with Crippen LogP contribution in [0.25, 0.3) is 10.9 Å². The molecule has 0 atom stereocenters. The topological polar surface area (TPSA) is 39.3 Å². The molecule has 4 heteroatoms. The van der Waals surface area contributed by atoms with Crippen LogP contribution in [0.3, 0.4) is 0 Å². The van der Waals surface area contributed by atoms with Crippen LogP contribution in [0.2, 0.25) is 0 Å². The van der Waals surface area contributed by atoms with Gasteiger partial charge in [-0.15, -0.1) is 12.4 Å². The number of halogens is 1. The first-order valence-electron chi connectivity index (χ1n) is 8.81. The van der Waals surface area contributed by atoms with Crippen molar-refractivity contribution in [2.24, 2.45) is 0 Å². The van der Waals surface area contributed by atoms with Gasteiger partial charge in [0, 0.05) is 30.2 Å². The van der Waals surface area contributed by atoms with E-state index in [1.54, 1.807) is 6.07 Å². The van der Waals surface area contributed by atoms with E-state index in [1.165, 1.54) is 22.0 Å². The van der Waals surface area contributed by atoms with E-state index in [2.05, 4.69) is 53.3 Å². The van der Waals surface area contributed by atoms with E-state index >= 15 is 0 Å². The summed E-state index contributed by atoms with van der Waals surface area (Å²) in [4.78, 5) is 5.88. The Morgan fingerprint density at radius 2 is 1.76 bits per heavy atom. The molecule has 0 spiro atoms. The van der Waals surface area contributed by atoms with Gasteiger partial charge in [0.25, 0.3) is 0 Å². The second kappa shape index (κ2) is 9.50. The molecule has 0 aliphatic rings. The Kier molecular flexibility index (Phi) is 7.35. The minimum Gasteiger partial charge on any atom is -0.508 e. The number of fused-ring (bicyclic) bond motifs is 1. The molecular weight excluding hydrogens is 332 g/mol. The van der Waals surface area contributed by atoms with Crippen molar-refractivity contribution in [3.63, 3.8) is 0 Å². The van der Waals surface area contributed by atoms with Gasteiger partial charge < -0.3 is 15.0 Å². The van der Waals surface area contributed by atoms with Crippen molar-refractivity contribution in [1.82, 2.24) is 9.88 Å². The molecule has 0 bridgehead atoms. The molecule has 134 valence electrons. The van der Waals surface area contributed by atoms with Gasteiger partial charge in [0.15, 0.2) is 0 Å². The predicted octanol–water partition coefficient (Wildman–Crippen LogP) is 4.79. The molecule has 2 N–H and O–H groups in total. The summed E-state index contributed by atoms with van der Waals surface area (Å²) in [6.45, 7) is 5.43.